The normalized spacial score (nSPS) is 14.4. The van der Waals surface area contributed by atoms with Crippen LogP contribution in [0.3, 0.4) is 0 Å². The summed E-state index contributed by atoms with van der Waals surface area (Å²) in [4.78, 5) is 13.3. The zero-order chi connectivity index (χ0) is 18.1. The van der Waals surface area contributed by atoms with Crippen molar-refractivity contribution in [3.63, 3.8) is 0 Å². The number of hydrogen-bond donors (Lipinski definition) is 0. The predicted molar refractivity (Wildman–Crippen MR) is 99.4 cm³/mol. The third-order valence-electron chi connectivity index (χ3n) is 3.90. The van der Waals surface area contributed by atoms with E-state index in [0.29, 0.717) is 22.1 Å². The first kappa shape index (κ1) is 16.8. The lowest BCUT2D eigenvalue weighted by Crippen LogP contribution is -1.99. The van der Waals surface area contributed by atoms with E-state index in [-0.39, 0.29) is 23.7 Å². The monoisotopic (exact) mass is 386 g/mol. The Morgan fingerprint density at radius 2 is 2.08 bits per heavy atom. The lowest BCUT2D eigenvalue weighted by atomic mass is 10.1. The Balaban J connectivity index is 1.54. The smallest absolute Gasteiger partial charge is 0.232 e. The van der Waals surface area contributed by atoms with E-state index >= 15 is 0 Å². The number of rotatable bonds is 4. The number of allylic oxidation sites excluding steroid dienone is 1. The van der Waals surface area contributed by atoms with Crippen LogP contribution >= 0.6 is 22.9 Å². The van der Waals surface area contributed by atoms with Crippen molar-refractivity contribution in [3.05, 3.63) is 86.5 Å². The van der Waals surface area contributed by atoms with Crippen LogP contribution in [-0.4, -0.2) is 5.78 Å². The van der Waals surface area contributed by atoms with Crippen LogP contribution in [0.2, 0.25) is 5.02 Å². The van der Waals surface area contributed by atoms with Gasteiger partial charge in [0.25, 0.3) is 0 Å². The van der Waals surface area contributed by atoms with Crippen molar-refractivity contribution in [1.29, 1.82) is 0 Å². The lowest BCUT2D eigenvalue weighted by Gasteiger charge is -2.09. The van der Waals surface area contributed by atoms with Gasteiger partial charge < -0.3 is 9.47 Å². The summed E-state index contributed by atoms with van der Waals surface area (Å²) in [6.45, 7) is -0.0177. The quantitative estimate of drug-likeness (QED) is 0.537. The van der Waals surface area contributed by atoms with Gasteiger partial charge in [0.1, 0.15) is 23.9 Å². The number of carbonyl (C=O) groups excluding carboxylic acids is 1. The van der Waals surface area contributed by atoms with Crippen LogP contribution < -0.4 is 9.47 Å². The molecule has 0 unspecified atom stereocenters. The highest BCUT2D eigenvalue weighted by Crippen LogP contribution is 2.35. The summed E-state index contributed by atoms with van der Waals surface area (Å²) in [7, 11) is 0. The van der Waals surface area contributed by atoms with Gasteiger partial charge in [-0.3, -0.25) is 4.79 Å². The van der Waals surface area contributed by atoms with Crippen molar-refractivity contribution >= 4 is 34.8 Å². The molecule has 0 spiro atoms. The lowest BCUT2D eigenvalue weighted by molar-refractivity contribution is 0.101. The van der Waals surface area contributed by atoms with E-state index in [1.165, 1.54) is 23.5 Å². The molecule has 0 atom stereocenters. The molecular weight excluding hydrogens is 375 g/mol. The van der Waals surface area contributed by atoms with Gasteiger partial charge >= 0.3 is 0 Å². The van der Waals surface area contributed by atoms with Crippen LogP contribution in [0.1, 0.15) is 20.8 Å². The van der Waals surface area contributed by atoms with E-state index < -0.39 is 5.82 Å². The average Bonchev–Trinajstić information content (AvgIpc) is 3.23. The Hall–Kier alpha value is -2.63. The zero-order valence-corrected chi connectivity index (χ0v) is 14.9. The molecule has 0 amide bonds. The van der Waals surface area contributed by atoms with Gasteiger partial charge in [-0.2, -0.15) is 0 Å². The average molecular weight is 387 g/mol. The topological polar surface area (TPSA) is 35.5 Å². The highest BCUT2D eigenvalue weighted by atomic mass is 35.5. The van der Waals surface area contributed by atoms with E-state index in [0.717, 1.165) is 4.88 Å². The van der Waals surface area contributed by atoms with Crippen molar-refractivity contribution in [2.75, 3.05) is 0 Å². The molecule has 2 aromatic carbocycles. The highest BCUT2D eigenvalue weighted by molar-refractivity contribution is 7.10. The molecule has 6 heteroatoms. The molecule has 0 aliphatic carbocycles. The van der Waals surface area contributed by atoms with Crippen LogP contribution in [0, 0.1) is 5.82 Å². The first-order valence-corrected chi connectivity index (χ1v) is 9.05. The maximum absolute atomic E-state index is 13.8. The first-order chi connectivity index (χ1) is 12.6. The Morgan fingerprint density at radius 1 is 1.19 bits per heavy atom. The van der Waals surface area contributed by atoms with Crippen LogP contribution in [0.4, 0.5) is 4.39 Å². The molecule has 0 saturated carbocycles. The zero-order valence-electron chi connectivity index (χ0n) is 13.4. The van der Waals surface area contributed by atoms with Gasteiger partial charge in [0.05, 0.1) is 10.6 Å². The summed E-state index contributed by atoms with van der Waals surface area (Å²) in [6.07, 6.45) is 1.71. The summed E-state index contributed by atoms with van der Waals surface area (Å²) in [6, 6.07) is 13.2. The van der Waals surface area contributed by atoms with Gasteiger partial charge in [-0.25, -0.2) is 4.39 Å². The molecule has 3 nitrogen and oxygen atoms in total. The van der Waals surface area contributed by atoms with Crippen molar-refractivity contribution < 1.29 is 18.7 Å². The molecule has 1 aromatic heterocycles. The molecular formula is C20H12ClFO3S. The molecule has 2 heterocycles. The fourth-order valence-corrected chi connectivity index (χ4v) is 3.45. The van der Waals surface area contributed by atoms with Gasteiger partial charge in [-0.05, 0) is 35.7 Å². The third-order valence-corrected chi connectivity index (χ3v) is 5.08. The number of benzene rings is 2. The van der Waals surface area contributed by atoms with E-state index in [2.05, 4.69) is 0 Å². The van der Waals surface area contributed by atoms with E-state index in [1.54, 1.807) is 30.3 Å². The number of ether oxygens (including phenoxy) is 2. The van der Waals surface area contributed by atoms with Crippen molar-refractivity contribution in [3.8, 4) is 11.5 Å². The predicted octanol–water partition coefficient (Wildman–Crippen LogP) is 5.74. The molecule has 4 rings (SSSR count). The number of hydrogen-bond acceptors (Lipinski definition) is 4. The summed E-state index contributed by atoms with van der Waals surface area (Å²) >= 11 is 7.52. The fourth-order valence-electron chi connectivity index (χ4n) is 2.59. The van der Waals surface area contributed by atoms with Crippen molar-refractivity contribution in [1.82, 2.24) is 0 Å². The second-order valence-corrected chi connectivity index (χ2v) is 6.99. The minimum absolute atomic E-state index is 0.0177. The second-order valence-electron chi connectivity index (χ2n) is 5.60. The molecule has 0 fully saturated rings. The molecule has 0 N–H and O–H groups in total. The maximum Gasteiger partial charge on any atom is 0.232 e. The van der Waals surface area contributed by atoms with Gasteiger partial charge in [0.2, 0.25) is 5.78 Å². The Labute approximate surface area is 158 Å². The first-order valence-electron chi connectivity index (χ1n) is 7.79. The Kier molecular flexibility index (Phi) is 4.49. The summed E-state index contributed by atoms with van der Waals surface area (Å²) in [5, 5.41) is 2.23. The summed E-state index contributed by atoms with van der Waals surface area (Å²) < 4.78 is 25.1. The van der Waals surface area contributed by atoms with Gasteiger partial charge in [0, 0.05) is 22.6 Å². The minimum Gasteiger partial charge on any atom is -0.489 e. The third kappa shape index (κ3) is 3.23. The SMILES string of the molecule is O=C1C(=Cc2cccs2)Oc2cc(OCc3c(F)cccc3Cl)ccc21. The molecule has 26 heavy (non-hydrogen) atoms. The van der Waals surface area contributed by atoms with Gasteiger partial charge in [-0.1, -0.05) is 23.7 Å². The number of thiophene rings is 1. The number of fused-ring (bicyclic) bond motifs is 1. The largest absolute Gasteiger partial charge is 0.489 e. The standard InChI is InChI=1S/C20H12ClFO3S/c21-16-4-1-5-17(22)15(16)11-24-12-6-7-14-18(9-12)25-19(20(14)23)10-13-3-2-8-26-13/h1-10H,11H2. The minimum atomic E-state index is -0.425. The fraction of sp³-hybridized carbons (Fsp3) is 0.0500. The van der Waals surface area contributed by atoms with Crippen LogP contribution in [0.5, 0.6) is 11.5 Å². The number of ketones is 1. The molecule has 0 saturated heterocycles. The second kappa shape index (κ2) is 6.94. The molecule has 130 valence electrons. The van der Waals surface area contributed by atoms with E-state index in [9.17, 15) is 9.18 Å². The summed E-state index contributed by atoms with van der Waals surface area (Å²) in [5.74, 6) is 0.572. The van der Waals surface area contributed by atoms with Crippen molar-refractivity contribution in [2.24, 2.45) is 0 Å². The summed E-state index contributed by atoms with van der Waals surface area (Å²) in [5.41, 5.74) is 0.758. The molecule has 1 aliphatic rings. The maximum atomic E-state index is 13.8. The Morgan fingerprint density at radius 3 is 2.85 bits per heavy atom. The van der Waals surface area contributed by atoms with E-state index in [4.69, 9.17) is 21.1 Å². The number of halogens is 2. The van der Waals surface area contributed by atoms with Crippen LogP contribution in [0.25, 0.3) is 6.08 Å². The number of carbonyl (C=O) groups is 1. The molecule has 3 aromatic rings. The van der Waals surface area contributed by atoms with Crippen LogP contribution in [-0.2, 0) is 6.61 Å². The van der Waals surface area contributed by atoms with E-state index in [1.807, 2.05) is 17.5 Å². The molecule has 0 radical (unpaired) electrons. The van der Waals surface area contributed by atoms with Gasteiger partial charge in [0.15, 0.2) is 5.76 Å². The highest BCUT2D eigenvalue weighted by Gasteiger charge is 2.27. The molecule has 1 aliphatic heterocycles. The van der Waals surface area contributed by atoms with Gasteiger partial charge in [-0.15, -0.1) is 11.3 Å². The van der Waals surface area contributed by atoms with Crippen LogP contribution in [0.15, 0.2) is 59.7 Å². The molecule has 0 bridgehead atoms. The number of Topliss-reactive ketones (excluding diaryl/α,β-unsaturated/α-hetero) is 1. The Bertz CT molecular complexity index is 992. The van der Waals surface area contributed by atoms with Crippen molar-refractivity contribution in [2.45, 2.75) is 6.61 Å².